The number of H-pyrrole nitrogens is 1. The second-order valence-electron chi connectivity index (χ2n) is 4.29. The van der Waals surface area contributed by atoms with Gasteiger partial charge in [0.2, 0.25) is 5.88 Å². The van der Waals surface area contributed by atoms with Gasteiger partial charge >= 0.3 is 6.09 Å². The van der Waals surface area contributed by atoms with Crippen molar-refractivity contribution >= 4 is 6.09 Å². The molecule has 0 unspecified atom stereocenters. The second kappa shape index (κ2) is 5.83. The van der Waals surface area contributed by atoms with Crippen molar-refractivity contribution in [2.45, 2.75) is 6.92 Å². The number of nitrogens with zero attached hydrogens (tertiary/aromatic N) is 3. The number of ether oxygens (including phenoxy) is 1. The summed E-state index contributed by atoms with van der Waals surface area (Å²) in [6, 6.07) is 1.68. The van der Waals surface area contributed by atoms with Gasteiger partial charge in [-0.2, -0.15) is 5.10 Å². The summed E-state index contributed by atoms with van der Waals surface area (Å²) in [5.41, 5.74) is 0.783. The van der Waals surface area contributed by atoms with Crippen LogP contribution in [0.25, 0.3) is 0 Å². The van der Waals surface area contributed by atoms with E-state index in [9.17, 15) is 4.79 Å². The molecule has 0 aromatic carbocycles. The van der Waals surface area contributed by atoms with Gasteiger partial charge in [0.15, 0.2) is 0 Å². The number of aromatic nitrogens is 2. The number of aryl methyl sites for hydroxylation is 1. The number of nitrogens with one attached hydrogen (secondary N) is 1. The van der Waals surface area contributed by atoms with Crippen LogP contribution in [-0.2, 0) is 0 Å². The lowest BCUT2D eigenvalue weighted by atomic mass is 10.3. The minimum atomic E-state index is -0.359. The van der Waals surface area contributed by atoms with Crippen molar-refractivity contribution in [1.29, 1.82) is 0 Å². The van der Waals surface area contributed by atoms with Crippen LogP contribution in [0.15, 0.2) is 6.07 Å². The number of piperazine rings is 1. The van der Waals surface area contributed by atoms with E-state index in [1.54, 1.807) is 11.0 Å². The number of aliphatic hydroxyl groups excluding tert-OH is 1. The Hall–Kier alpha value is -1.60. The van der Waals surface area contributed by atoms with E-state index in [2.05, 4.69) is 15.1 Å². The Bertz CT molecular complexity index is 399. The van der Waals surface area contributed by atoms with Crippen LogP contribution in [0.4, 0.5) is 4.79 Å². The zero-order chi connectivity index (χ0) is 13.0. The third kappa shape index (κ3) is 3.21. The van der Waals surface area contributed by atoms with Crippen LogP contribution in [0, 0.1) is 6.92 Å². The van der Waals surface area contributed by atoms with E-state index in [0.717, 1.165) is 18.8 Å². The highest BCUT2D eigenvalue weighted by Gasteiger charge is 2.22. The summed E-state index contributed by atoms with van der Waals surface area (Å²) in [6.45, 7) is 5.38. The van der Waals surface area contributed by atoms with Gasteiger partial charge in [0.25, 0.3) is 0 Å². The summed E-state index contributed by atoms with van der Waals surface area (Å²) < 4.78 is 5.17. The first-order valence-corrected chi connectivity index (χ1v) is 6.01. The Labute approximate surface area is 105 Å². The number of carbonyl (C=O) groups is 1. The summed E-state index contributed by atoms with van der Waals surface area (Å²) in [5, 5.41) is 15.4. The van der Waals surface area contributed by atoms with Gasteiger partial charge in [-0.25, -0.2) is 9.89 Å². The zero-order valence-electron chi connectivity index (χ0n) is 10.4. The van der Waals surface area contributed by atoms with E-state index in [0.29, 0.717) is 25.5 Å². The highest BCUT2D eigenvalue weighted by Crippen LogP contribution is 2.10. The first-order valence-electron chi connectivity index (χ1n) is 6.01. The largest absolute Gasteiger partial charge is 0.416 e. The SMILES string of the molecule is Cc1cc(OC(=O)N2CCN(CCO)CC2)[nH]n1. The molecule has 1 aliphatic heterocycles. The monoisotopic (exact) mass is 254 g/mol. The van der Waals surface area contributed by atoms with Gasteiger partial charge in [-0.05, 0) is 6.92 Å². The first-order chi connectivity index (χ1) is 8.69. The van der Waals surface area contributed by atoms with Crippen molar-refractivity contribution in [3.63, 3.8) is 0 Å². The summed E-state index contributed by atoms with van der Waals surface area (Å²) in [5.74, 6) is 0.371. The Morgan fingerprint density at radius 1 is 1.50 bits per heavy atom. The van der Waals surface area contributed by atoms with Gasteiger partial charge in [-0.15, -0.1) is 0 Å². The standard InChI is InChI=1S/C11H18N4O3/c1-9-8-10(13-12-9)18-11(17)15-4-2-14(3-5-15)6-7-16/h8,16H,2-7H2,1H3,(H,12,13). The summed E-state index contributed by atoms with van der Waals surface area (Å²) in [7, 11) is 0. The fourth-order valence-corrected chi connectivity index (χ4v) is 1.90. The molecule has 1 aromatic heterocycles. The Balaban J connectivity index is 1.80. The summed E-state index contributed by atoms with van der Waals surface area (Å²) >= 11 is 0. The smallest absolute Gasteiger partial charge is 0.395 e. The number of β-amino-alcohol motifs (C(OH)–C–C–N with tert-alkyl or cyclic N) is 1. The summed E-state index contributed by atoms with van der Waals surface area (Å²) in [4.78, 5) is 15.6. The van der Waals surface area contributed by atoms with E-state index in [4.69, 9.17) is 9.84 Å². The highest BCUT2D eigenvalue weighted by atomic mass is 16.6. The van der Waals surface area contributed by atoms with Gasteiger partial charge in [-0.1, -0.05) is 0 Å². The summed E-state index contributed by atoms with van der Waals surface area (Å²) in [6.07, 6.45) is -0.359. The molecule has 0 spiro atoms. The van der Waals surface area contributed by atoms with Gasteiger partial charge in [-0.3, -0.25) is 4.90 Å². The number of aliphatic hydroxyl groups is 1. The second-order valence-corrected chi connectivity index (χ2v) is 4.29. The molecule has 2 rings (SSSR count). The average molecular weight is 254 g/mol. The number of carbonyl (C=O) groups excluding carboxylic acids is 1. The molecule has 7 heteroatoms. The molecular formula is C11H18N4O3. The molecule has 1 aliphatic rings. The van der Waals surface area contributed by atoms with Crippen LogP contribution in [0.5, 0.6) is 5.88 Å². The topological polar surface area (TPSA) is 81.7 Å². The van der Waals surface area contributed by atoms with Crippen molar-refractivity contribution in [3.05, 3.63) is 11.8 Å². The molecule has 1 saturated heterocycles. The van der Waals surface area contributed by atoms with Crippen LogP contribution < -0.4 is 4.74 Å². The maximum absolute atomic E-state index is 11.8. The first kappa shape index (κ1) is 12.8. The quantitative estimate of drug-likeness (QED) is 0.782. The van der Waals surface area contributed by atoms with E-state index in [1.807, 2.05) is 6.92 Å². The molecule has 0 bridgehead atoms. The van der Waals surface area contributed by atoms with E-state index in [1.165, 1.54) is 0 Å². The molecule has 100 valence electrons. The predicted molar refractivity (Wildman–Crippen MR) is 64.4 cm³/mol. The molecule has 2 N–H and O–H groups in total. The van der Waals surface area contributed by atoms with Crippen molar-refractivity contribution in [1.82, 2.24) is 20.0 Å². The van der Waals surface area contributed by atoms with Crippen LogP contribution in [0.1, 0.15) is 5.69 Å². The van der Waals surface area contributed by atoms with Crippen LogP contribution in [-0.4, -0.2) is 70.5 Å². The molecule has 1 fully saturated rings. The van der Waals surface area contributed by atoms with Crippen molar-refractivity contribution in [2.75, 3.05) is 39.3 Å². The van der Waals surface area contributed by atoms with Gasteiger partial charge in [0.05, 0.1) is 12.3 Å². The number of aromatic amines is 1. The van der Waals surface area contributed by atoms with Crippen molar-refractivity contribution < 1.29 is 14.6 Å². The maximum Gasteiger partial charge on any atom is 0.416 e. The molecule has 18 heavy (non-hydrogen) atoms. The third-order valence-corrected chi connectivity index (χ3v) is 2.93. The number of rotatable bonds is 3. The van der Waals surface area contributed by atoms with Crippen LogP contribution in [0.2, 0.25) is 0 Å². The Morgan fingerprint density at radius 2 is 2.22 bits per heavy atom. The molecule has 0 saturated carbocycles. The van der Waals surface area contributed by atoms with Gasteiger partial charge in [0, 0.05) is 38.8 Å². The molecule has 0 atom stereocenters. The Kier molecular flexibility index (Phi) is 4.16. The normalized spacial score (nSPS) is 16.9. The lowest BCUT2D eigenvalue weighted by Gasteiger charge is -2.33. The van der Waals surface area contributed by atoms with Crippen molar-refractivity contribution in [2.24, 2.45) is 0 Å². The van der Waals surface area contributed by atoms with Gasteiger partial charge in [0.1, 0.15) is 0 Å². The minimum Gasteiger partial charge on any atom is -0.395 e. The average Bonchev–Trinajstić information content (AvgIpc) is 2.76. The Morgan fingerprint density at radius 3 is 2.78 bits per heavy atom. The lowest BCUT2D eigenvalue weighted by Crippen LogP contribution is -2.50. The molecule has 7 nitrogen and oxygen atoms in total. The van der Waals surface area contributed by atoms with Crippen molar-refractivity contribution in [3.8, 4) is 5.88 Å². The molecule has 1 aromatic rings. The van der Waals surface area contributed by atoms with Crippen LogP contribution >= 0.6 is 0 Å². The maximum atomic E-state index is 11.8. The van der Waals surface area contributed by atoms with E-state index >= 15 is 0 Å². The third-order valence-electron chi connectivity index (χ3n) is 2.93. The fourth-order valence-electron chi connectivity index (χ4n) is 1.90. The number of hydrogen-bond acceptors (Lipinski definition) is 5. The molecule has 2 heterocycles. The predicted octanol–water partition coefficient (Wildman–Crippen LogP) is -0.173. The lowest BCUT2D eigenvalue weighted by molar-refractivity contribution is 0.0997. The van der Waals surface area contributed by atoms with Gasteiger partial charge < -0.3 is 14.7 Å². The molecule has 0 radical (unpaired) electrons. The molecule has 0 aliphatic carbocycles. The van der Waals surface area contributed by atoms with E-state index < -0.39 is 0 Å². The highest BCUT2D eigenvalue weighted by molar-refractivity contribution is 5.70. The molecule has 1 amide bonds. The number of hydrogen-bond donors (Lipinski definition) is 2. The fraction of sp³-hybridized carbons (Fsp3) is 0.636. The van der Waals surface area contributed by atoms with Crippen LogP contribution in [0.3, 0.4) is 0 Å². The minimum absolute atomic E-state index is 0.151. The number of amides is 1. The molecular weight excluding hydrogens is 236 g/mol. The van der Waals surface area contributed by atoms with E-state index in [-0.39, 0.29) is 12.7 Å². The zero-order valence-corrected chi connectivity index (χ0v) is 10.4.